The van der Waals surface area contributed by atoms with E-state index in [2.05, 4.69) is 0 Å². The van der Waals surface area contributed by atoms with Gasteiger partial charge >= 0.3 is 0 Å². The lowest BCUT2D eigenvalue weighted by atomic mass is 10.1. The van der Waals surface area contributed by atoms with E-state index in [-0.39, 0.29) is 0 Å². The van der Waals surface area contributed by atoms with E-state index in [4.69, 9.17) is 11.6 Å². The zero-order chi connectivity index (χ0) is 14.3. The summed E-state index contributed by atoms with van der Waals surface area (Å²) in [5.74, 6) is -0.962. The minimum atomic E-state index is -0.495. The quantitative estimate of drug-likeness (QED) is 0.793. The molecule has 0 aliphatic carbocycles. The van der Waals surface area contributed by atoms with Gasteiger partial charge in [0.05, 0.1) is 17.8 Å². The third kappa shape index (κ3) is 2.00. The van der Waals surface area contributed by atoms with Gasteiger partial charge in [0.25, 0.3) is 11.7 Å². The number of carbonyl (C=O) groups excluding carboxylic acids is 2. The minimum absolute atomic E-state index is 0.380. The van der Waals surface area contributed by atoms with Crippen LogP contribution in [-0.4, -0.2) is 11.7 Å². The largest absolute Gasteiger partial charge is 0.300 e. The van der Waals surface area contributed by atoms with Crippen LogP contribution in [0, 0.1) is 6.92 Å². The fourth-order valence-electron chi connectivity index (χ4n) is 2.38. The van der Waals surface area contributed by atoms with E-state index in [1.54, 1.807) is 18.2 Å². The average molecular weight is 286 g/mol. The Hall–Kier alpha value is -2.13. The van der Waals surface area contributed by atoms with Crippen LogP contribution >= 0.6 is 11.6 Å². The maximum Gasteiger partial charge on any atom is 0.299 e. The number of amides is 1. The Balaban J connectivity index is 2.03. The highest BCUT2D eigenvalue weighted by Crippen LogP contribution is 2.33. The summed E-state index contributed by atoms with van der Waals surface area (Å²) in [6.07, 6.45) is 0. The zero-order valence-electron chi connectivity index (χ0n) is 10.9. The topological polar surface area (TPSA) is 37.4 Å². The van der Waals surface area contributed by atoms with Crippen molar-refractivity contribution in [2.75, 3.05) is 4.90 Å². The lowest BCUT2D eigenvalue weighted by molar-refractivity contribution is -0.114. The number of anilines is 1. The first-order valence-electron chi connectivity index (χ1n) is 6.28. The van der Waals surface area contributed by atoms with Gasteiger partial charge in [-0.25, -0.2) is 0 Å². The average Bonchev–Trinajstić information content (AvgIpc) is 2.66. The number of hydrogen-bond donors (Lipinski definition) is 0. The molecular weight excluding hydrogens is 274 g/mol. The second kappa shape index (κ2) is 4.76. The van der Waals surface area contributed by atoms with Gasteiger partial charge in [0, 0.05) is 5.02 Å². The number of nitrogens with zero attached hydrogens (tertiary/aromatic N) is 1. The lowest BCUT2D eigenvalue weighted by Crippen LogP contribution is -2.29. The summed E-state index contributed by atoms with van der Waals surface area (Å²) in [6, 6.07) is 12.7. The van der Waals surface area contributed by atoms with Crippen LogP contribution < -0.4 is 4.90 Å². The van der Waals surface area contributed by atoms with Gasteiger partial charge in [-0.1, -0.05) is 35.9 Å². The summed E-state index contributed by atoms with van der Waals surface area (Å²) in [4.78, 5) is 25.6. The van der Waals surface area contributed by atoms with Crippen LogP contribution in [0.25, 0.3) is 0 Å². The van der Waals surface area contributed by atoms with Gasteiger partial charge in [0.15, 0.2) is 0 Å². The number of carbonyl (C=O) groups is 2. The molecule has 20 heavy (non-hydrogen) atoms. The Kier molecular flexibility index (Phi) is 3.07. The highest BCUT2D eigenvalue weighted by atomic mass is 35.5. The Morgan fingerprint density at radius 3 is 2.60 bits per heavy atom. The second-order valence-electron chi connectivity index (χ2n) is 4.81. The van der Waals surface area contributed by atoms with Crippen LogP contribution in [0.4, 0.5) is 5.69 Å². The van der Waals surface area contributed by atoms with Gasteiger partial charge in [-0.05, 0) is 36.2 Å². The maximum absolute atomic E-state index is 12.1. The number of benzene rings is 2. The molecule has 1 aliphatic heterocycles. The first-order chi connectivity index (χ1) is 9.58. The van der Waals surface area contributed by atoms with Crippen molar-refractivity contribution in [1.82, 2.24) is 0 Å². The van der Waals surface area contributed by atoms with Crippen molar-refractivity contribution < 1.29 is 9.59 Å². The summed E-state index contributed by atoms with van der Waals surface area (Å²) < 4.78 is 0. The summed E-state index contributed by atoms with van der Waals surface area (Å²) in [5.41, 5.74) is 3.12. The monoisotopic (exact) mass is 285 g/mol. The number of Topliss-reactive ketones (excluding diaryl/α,β-unsaturated/α-hetero) is 1. The molecule has 1 aliphatic rings. The Morgan fingerprint density at radius 2 is 1.85 bits per heavy atom. The van der Waals surface area contributed by atoms with Crippen molar-refractivity contribution in [3.8, 4) is 0 Å². The molecule has 3 nitrogen and oxygen atoms in total. The summed E-state index contributed by atoms with van der Waals surface area (Å²) >= 11 is 5.97. The number of aryl methyl sites for hydroxylation is 1. The predicted octanol–water partition coefficient (Wildman–Crippen LogP) is 3.38. The number of rotatable bonds is 2. The standard InChI is InChI=1S/C16H12ClNO2/c1-10-4-2-3-5-11(10)9-18-14-8-12(17)6-7-13(14)15(19)16(18)20/h2-8H,9H2,1H3. The van der Waals surface area contributed by atoms with E-state index < -0.39 is 11.7 Å². The van der Waals surface area contributed by atoms with Gasteiger partial charge in [0.2, 0.25) is 0 Å². The van der Waals surface area contributed by atoms with Crippen LogP contribution in [0.15, 0.2) is 42.5 Å². The van der Waals surface area contributed by atoms with Crippen LogP contribution in [0.2, 0.25) is 5.02 Å². The van der Waals surface area contributed by atoms with Crippen molar-refractivity contribution >= 4 is 29.0 Å². The smallest absolute Gasteiger partial charge is 0.299 e. The molecule has 1 heterocycles. The molecule has 0 atom stereocenters. The number of fused-ring (bicyclic) bond motifs is 1. The molecule has 0 bridgehead atoms. The first-order valence-corrected chi connectivity index (χ1v) is 6.66. The van der Waals surface area contributed by atoms with Gasteiger partial charge in [-0.3, -0.25) is 9.59 Å². The molecule has 4 heteroatoms. The summed E-state index contributed by atoms with van der Waals surface area (Å²) in [6.45, 7) is 2.36. The fourth-order valence-corrected chi connectivity index (χ4v) is 2.55. The van der Waals surface area contributed by atoms with Crippen LogP contribution in [-0.2, 0) is 11.3 Å². The van der Waals surface area contributed by atoms with E-state index in [1.807, 2.05) is 31.2 Å². The molecule has 0 spiro atoms. The Labute approximate surface area is 121 Å². The number of hydrogen-bond acceptors (Lipinski definition) is 2. The van der Waals surface area contributed by atoms with E-state index >= 15 is 0 Å². The highest BCUT2D eigenvalue weighted by molar-refractivity contribution is 6.52. The fraction of sp³-hybridized carbons (Fsp3) is 0.125. The highest BCUT2D eigenvalue weighted by Gasteiger charge is 2.35. The molecule has 0 radical (unpaired) electrons. The molecule has 0 unspecified atom stereocenters. The second-order valence-corrected chi connectivity index (χ2v) is 5.24. The summed E-state index contributed by atoms with van der Waals surface area (Å²) in [7, 11) is 0. The van der Waals surface area contributed by atoms with Crippen molar-refractivity contribution in [2.45, 2.75) is 13.5 Å². The molecule has 0 saturated carbocycles. The maximum atomic E-state index is 12.1. The first kappa shape index (κ1) is 12.9. The zero-order valence-corrected chi connectivity index (χ0v) is 11.6. The molecule has 0 N–H and O–H groups in total. The molecular formula is C16H12ClNO2. The Bertz CT molecular complexity index is 724. The molecule has 2 aromatic rings. The van der Waals surface area contributed by atoms with Crippen LogP contribution in [0.5, 0.6) is 0 Å². The van der Waals surface area contributed by atoms with Gasteiger partial charge in [-0.15, -0.1) is 0 Å². The lowest BCUT2D eigenvalue weighted by Gasteiger charge is -2.18. The molecule has 1 amide bonds. The van der Waals surface area contributed by atoms with Gasteiger partial charge < -0.3 is 4.90 Å². The van der Waals surface area contributed by atoms with Gasteiger partial charge in [0.1, 0.15) is 0 Å². The third-order valence-electron chi connectivity index (χ3n) is 3.52. The molecule has 3 rings (SSSR count). The van der Waals surface area contributed by atoms with Crippen molar-refractivity contribution in [1.29, 1.82) is 0 Å². The molecule has 0 fully saturated rings. The normalized spacial score (nSPS) is 13.8. The van der Waals surface area contributed by atoms with Gasteiger partial charge in [-0.2, -0.15) is 0 Å². The van der Waals surface area contributed by atoms with Crippen LogP contribution in [0.1, 0.15) is 21.5 Å². The molecule has 2 aromatic carbocycles. The molecule has 0 saturated heterocycles. The predicted molar refractivity (Wildman–Crippen MR) is 78.2 cm³/mol. The SMILES string of the molecule is Cc1ccccc1CN1C(=O)C(=O)c2ccc(Cl)cc21. The van der Waals surface area contributed by atoms with E-state index in [9.17, 15) is 9.59 Å². The van der Waals surface area contributed by atoms with Crippen molar-refractivity contribution in [2.24, 2.45) is 0 Å². The molecule has 100 valence electrons. The van der Waals surface area contributed by atoms with E-state index in [1.165, 1.54) is 4.90 Å². The number of halogens is 1. The van der Waals surface area contributed by atoms with Crippen molar-refractivity contribution in [3.63, 3.8) is 0 Å². The van der Waals surface area contributed by atoms with Crippen molar-refractivity contribution in [3.05, 3.63) is 64.2 Å². The minimum Gasteiger partial charge on any atom is -0.300 e. The van der Waals surface area contributed by atoms with E-state index in [0.29, 0.717) is 22.8 Å². The number of ketones is 1. The van der Waals surface area contributed by atoms with Crippen LogP contribution in [0.3, 0.4) is 0 Å². The van der Waals surface area contributed by atoms with E-state index in [0.717, 1.165) is 11.1 Å². The molecule has 0 aromatic heterocycles. The summed E-state index contributed by atoms with van der Waals surface area (Å²) in [5, 5.41) is 0.515. The Morgan fingerprint density at radius 1 is 1.10 bits per heavy atom. The third-order valence-corrected chi connectivity index (χ3v) is 3.76.